The number of terminal acetylenes is 1. The van der Waals surface area contributed by atoms with Crippen LogP contribution in [0.2, 0.25) is 0 Å². The van der Waals surface area contributed by atoms with Crippen LogP contribution in [-0.2, 0) is 0 Å². The standard InChI is InChI=1S/C45H38N2/c1-4-15-35(16-5-2)45-46-30-14-6-7-17-32(3)47(45)38-28-26-34(27-29-38)43-39-20-10-12-22-41(39)44(42-23-13-11-21-40(42)43)37-25-24-33-18-8-9-19-36(33)31-37/h1,5,7-13,15-29,31-32H,6,14,30H2,2-3H3/b16-5-,17-7-,35-15+,46-45?. The Balaban J connectivity index is 1.40. The van der Waals surface area contributed by atoms with Gasteiger partial charge in [-0.15, -0.1) is 6.42 Å². The third kappa shape index (κ3) is 5.78. The first kappa shape index (κ1) is 30.0. The van der Waals surface area contributed by atoms with E-state index >= 15 is 0 Å². The fourth-order valence-electron chi connectivity index (χ4n) is 6.97. The van der Waals surface area contributed by atoms with E-state index in [9.17, 15) is 0 Å². The van der Waals surface area contributed by atoms with E-state index in [1.54, 1.807) is 0 Å². The molecule has 1 aliphatic rings. The Hall–Kier alpha value is -5.65. The molecule has 1 atom stereocenters. The Morgan fingerprint density at radius 1 is 0.766 bits per heavy atom. The van der Waals surface area contributed by atoms with Crippen molar-refractivity contribution in [2.45, 2.75) is 32.7 Å². The van der Waals surface area contributed by atoms with Crippen molar-refractivity contribution in [3.05, 3.63) is 151 Å². The van der Waals surface area contributed by atoms with Crippen LogP contribution in [0.5, 0.6) is 0 Å². The van der Waals surface area contributed by atoms with Crippen LogP contribution in [0.15, 0.2) is 156 Å². The third-order valence-corrected chi connectivity index (χ3v) is 9.09. The van der Waals surface area contributed by atoms with Crippen LogP contribution in [0.1, 0.15) is 26.7 Å². The van der Waals surface area contributed by atoms with Crippen molar-refractivity contribution in [1.29, 1.82) is 0 Å². The number of allylic oxidation sites excluding steroid dienone is 3. The number of nitrogens with zero attached hydrogens (tertiary/aromatic N) is 2. The number of amidine groups is 1. The van der Waals surface area contributed by atoms with Crippen LogP contribution in [0.25, 0.3) is 54.6 Å². The Kier molecular flexibility index (Phi) is 8.54. The molecule has 7 rings (SSSR count). The molecule has 1 heterocycles. The SMILES string of the molecule is C#C/C=C(\C=C/C)C1=NCCC/C=C\C(C)N1c1ccc(-c2c3ccccc3c(-c3ccc4ccccc4c3)c3ccccc23)cc1. The summed E-state index contributed by atoms with van der Waals surface area (Å²) in [5, 5.41) is 7.50. The van der Waals surface area contributed by atoms with Crippen LogP contribution in [-0.4, -0.2) is 18.4 Å². The number of benzene rings is 6. The predicted molar refractivity (Wildman–Crippen MR) is 204 cm³/mol. The van der Waals surface area contributed by atoms with Crippen molar-refractivity contribution in [2.75, 3.05) is 11.4 Å². The van der Waals surface area contributed by atoms with Gasteiger partial charge in [0.2, 0.25) is 0 Å². The lowest BCUT2D eigenvalue weighted by Crippen LogP contribution is -2.38. The summed E-state index contributed by atoms with van der Waals surface area (Å²) in [6.07, 6.45) is 18.3. The highest BCUT2D eigenvalue weighted by Crippen LogP contribution is 2.44. The molecule has 0 N–H and O–H groups in total. The van der Waals surface area contributed by atoms with Crippen LogP contribution < -0.4 is 4.90 Å². The zero-order valence-corrected chi connectivity index (χ0v) is 27.0. The monoisotopic (exact) mass is 606 g/mol. The van der Waals surface area contributed by atoms with Gasteiger partial charge in [0.25, 0.3) is 0 Å². The molecule has 0 radical (unpaired) electrons. The van der Waals surface area contributed by atoms with E-state index in [4.69, 9.17) is 11.4 Å². The molecule has 2 nitrogen and oxygen atoms in total. The Morgan fingerprint density at radius 3 is 2.00 bits per heavy atom. The molecule has 0 spiro atoms. The lowest BCUT2D eigenvalue weighted by atomic mass is 9.85. The predicted octanol–water partition coefficient (Wildman–Crippen LogP) is 11.6. The minimum Gasteiger partial charge on any atom is -0.320 e. The summed E-state index contributed by atoms with van der Waals surface area (Å²) in [6, 6.07) is 42.2. The lowest BCUT2D eigenvalue weighted by molar-refractivity contribution is 0.856. The van der Waals surface area contributed by atoms with Crippen molar-refractivity contribution >= 4 is 43.8 Å². The molecule has 6 aromatic carbocycles. The first-order valence-corrected chi connectivity index (χ1v) is 16.5. The van der Waals surface area contributed by atoms with E-state index in [0.29, 0.717) is 0 Å². The molecule has 0 fully saturated rings. The van der Waals surface area contributed by atoms with E-state index < -0.39 is 0 Å². The zero-order chi connectivity index (χ0) is 32.2. The van der Waals surface area contributed by atoms with Gasteiger partial charge in [0.15, 0.2) is 0 Å². The molecule has 0 saturated carbocycles. The van der Waals surface area contributed by atoms with E-state index in [0.717, 1.165) is 36.5 Å². The van der Waals surface area contributed by atoms with E-state index in [1.807, 2.05) is 19.1 Å². The maximum atomic E-state index is 5.79. The summed E-state index contributed by atoms with van der Waals surface area (Å²) in [5.41, 5.74) is 6.97. The summed E-state index contributed by atoms with van der Waals surface area (Å²) in [6.45, 7) is 4.99. The first-order chi connectivity index (χ1) is 23.2. The number of hydrogen-bond acceptors (Lipinski definition) is 2. The van der Waals surface area contributed by atoms with E-state index in [1.165, 1.54) is 54.6 Å². The summed E-state index contributed by atoms with van der Waals surface area (Å²) >= 11 is 0. The third-order valence-electron chi connectivity index (χ3n) is 9.09. The molecule has 1 unspecified atom stereocenters. The Morgan fingerprint density at radius 2 is 1.36 bits per heavy atom. The second kappa shape index (κ2) is 13.4. The molecule has 0 aliphatic carbocycles. The van der Waals surface area contributed by atoms with Crippen molar-refractivity contribution in [1.82, 2.24) is 0 Å². The molecule has 47 heavy (non-hydrogen) atoms. The Labute approximate surface area is 278 Å². The van der Waals surface area contributed by atoms with Gasteiger partial charge in [-0.2, -0.15) is 0 Å². The number of rotatable bonds is 5. The number of aliphatic imine (C=N–C) groups is 1. The molecule has 228 valence electrons. The molecule has 0 amide bonds. The van der Waals surface area contributed by atoms with Crippen LogP contribution >= 0.6 is 0 Å². The van der Waals surface area contributed by atoms with Crippen molar-refractivity contribution < 1.29 is 0 Å². The molecular formula is C45H38N2. The molecular weight excluding hydrogens is 569 g/mol. The Bertz CT molecular complexity index is 2200. The summed E-state index contributed by atoms with van der Waals surface area (Å²) in [7, 11) is 0. The highest BCUT2D eigenvalue weighted by atomic mass is 15.2. The highest BCUT2D eigenvalue weighted by Gasteiger charge is 2.22. The van der Waals surface area contributed by atoms with Crippen LogP contribution in [0.4, 0.5) is 5.69 Å². The second-order valence-corrected chi connectivity index (χ2v) is 12.1. The van der Waals surface area contributed by atoms with Crippen molar-refractivity contribution in [3.8, 4) is 34.6 Å². The van der Waals surface area contributed by atoms with Gasteiger partial charge in [0.05, 0.1) is 6.04 Å². The lowest BCUT2D eigenvalue weighted by Gasteiger charge is -2.31. The average molecular weight is 607 g/mol. The van der Waals surface area contributed by atoms with Gasteiger partial charge >= 0.3 is 0 Å². The van der Waals surface area contributed by atoms with Gasteiger partial charge in [0, 0.05) is 17.8 Å². The van der Waals surface area contributed by atoms with Gasteiger partial charge < -0.3 is 4.90 Å². The summed E-state index contributed by atoms with van der Waals surface area (Å²) in [4.78, 5) is 7.41. The number of hydrogen-bond donors (Lipinski definition) is 0. The number of anilines is 1. The van der Waals surface area contributed by atoms with Gasteiger partial charge in [-0.3, -0.25) is 4.99 Å². The minimum absolute atomic E-state index is 0.104. The molecule has 6 aromatic rings. The molecule has 0 aromatic heterocycles. The quantitative estimate of drug-likeness (QED) is 0.0825. The average Bonchev–Trinajstić information content (AvgIpc) is 3.20. The van der Waals surface area contributed by atoms with Crippen molar-refractivity contribution in [3.63, 3.8) is 0 Å². The molecule has 1 aliphatic heterocycles. The summed E-state index contributed by atoms with van der Waals surface area (Å²) < 4.78 is 0. The van der Waals surface area contributed by atoms with Gasteiger partial charge in [-0.05, 0) is 106 Å². The van der Waals surface area contributed by atoms with Crippen molar-refractivity contribution in [2.24, 2.45) is 4.99 Å². The fraction of sp³-hybridized carbons (Fsp3) is 0.133. The van der Waals surface area contributed by atoms with Gasteiger partial charge in [0.1, 0.15) is 5.84 Å². The highest BCUT2D eigenvalue weighted by molar-refractivity contribution is 6.22. The largest absolute Gasteiger partial charge is 0.320 e. The van der Waals surface area contributed by atoms with E-state index in [2.05, 4.69) is 151 Å². The van der Waals surface area contributed by atoms with Crippen LogP contribution in [0.3, 0.4) is 0 Å². The maximum absolute atomic E-state index is 5.79. The second-order valence-electron chi connectivity index (χ2n) is 12.1. The molecule has 2 heteroatoms. The number of fused-ring (bicyclic) bond motifs is 3. The first-order valence-electron chi connectivity index (χ1n) is 16.5. The normalized spacial score (nSPS) is 16.5. The fourth-order valence-corrected chi connectivity index (χ4v) is 6.97. The van der Waals surface area contributed by atoms with Gasteiger partial charge in [-0.25, -0.2) is 0 Å². The smallest absolute Gasteiger partial charge is 0.136 e. The summed E-state index contributed by atoms with van der Waals surface area (Å²) in [5.74, 6) is 3.65. The van der Waals surface area contributed by atoms with Gasteiger partial charge in [-0.1, -0.05) is 127 Å². The van der Waals surface area contributed by atoms with E-state index in [-0.39, 0.29) is 6.04 Å². The topological polar surface area (TPSA) is 15.6 Å². The minimum atomic E-state index is 0.104. The molecule has 0 bridgehead atoms. The van der Waals surface area contributed by atoms with Crippen LogP contribution in [0, 0.1) is 12.3 Å². The zero-order valence-electron chi connectivity index (χ0n) is 27.0. The molecule has 0 saturated heterocycles. The maximum Gasteiger partial charge on any atom is 0.136 e.